The molecule has 0 spiro atoms. The molecular formula is C19H24IN3O. The molecule has 2 aromatic carbocycles. The van der Waals surface area contributed by atoms with Crippen molar-refractivity contribution in [3.05, 3.63) is 59.2 Å². The quantitative estimate of drug-likeness (QED) is 0.323. The lowest BCUT2D eigenvalue weighted by Crippen LogP contribution is -2.23. The van der Waals surface area contributed by atoms with Crippen molar-refractivity contribution in [3.63, 3.8) is 0 Å². The Morgan fingerprint density at radius 3 is 2.83 bits per heavy atom. The van der Waals surface area contributed by atoms with Gasteiger partial charge in [0.25, 0.3) is 0 Å². The molecule has 3 N–H and O–H groups in total. The van der Waals surface area contributed by atoms with E-state index in [-0.39, 0.29) is 24.0 Å². The van der Waals surface area contributed by atoms with E-state index in [9.17, 15) is 0 Å². The lowest BCUT2D eigenvalue weighted by molar-refractivity contribution is 0.328. The van der Waals surface area contributed by atoms with Crippen LogP contribution in [0.4, 0.5) is 5.69 Å². The maximum absolute atomic E-state index is 5.94. The molecule has 3 rings (SSSR count). The highest BCUT2D eigenvalue weighted by atomic mass is 127. The summed E-state index contributed by atoms with van der Waals surface area (Å²) in [6, 6.07) is 14.4. The van der Waals surface area contributed by atoms with E-state index in [1.807, 2.05) is 31.2 Å². The first-order valence-electron chi connectivity index (χ1n) is 8.09. The first-order valence-corrected chi connectivity index (χ1v) is 8.09. The molecule has 0 amide bonds. The molecule has 0 saturated heterocycles. The number of hydrogen-bond donors (Lipinski definition) is 2. The predicted octanol–water partition coefficient (Wildman–Crippen LogP) is 3.91. The zero-order chi connectivity index (χ0) is 16.1. The number of benzene rings is 2. The Kier molecular flexibility index (Phi) is 6.90. The van der Waals surface area contributed by atoms with Crippen LogP contribution in [0.2, 0.25) is 0 Å². The van der Waals surface area contributed by atoms with Gasteiger partial charge in [-0.3, -0.25) is 0 Å². The molecule has 2 aromatic rings. The Bertz CT molecular complexity index is 716. The first kappa shape index (κ1) is 18.6. The summed E-state index contributed by atoms with van der Waals surface area (Å²) in [5.74, 6) is 1.29. The van der Waals surface area contributed by atoms with E-state index in [1.54, 1.807) is 0 Å². The Hall–Kier alpha value is -1.76. The van der Waals surface area contributed by atoms with Gasteiger partial charge >= 0.3 is 0 Å². The molecule has 0 aromatic heterocycles. The second kappa shape index (κ2) is 8.92. The summed E-state index contributed by atoms with van der Waals surface area (Å²) in [6.45, 7) is 3.08. The summed E-state index contributed by atoms with van der Waals surface area (Å²) in [7, 11) is 0. The van der Waals surface area contributed by atoms with Gasteiger partial charge in [0, 0.05) is 5.69 Å². The Morgan fingerprint density at radius 2 is 2.00 bits per heavy atom. The van der Waals surface area contributed by atoms with Crippen molar-refractivity contribution in [2.24, 2.45) is 10.7 Å². The number of ether oxygens (including phenoxy) is 1. The van der Waals surface area contributed by atoms with Gasteiger partial charge in [0.05, 0.1) is 6.54 Å². The number of nitrogens with zero attached hydrogens (tertiary/aromatic N) is 1. The largest absolute Gasteiger partial charge is 0.492 e. The number of guanidine groups is 1. The van der Waals surface area contributed by atoms with E-state index in [0.717, 1.165) is 17.9 Å². The lowest BCUT2D eigenvalue weighted by Gasteiger charge is -2.08. The number of nitrogens with two attached hydrogens (primary N) is 1. The van der Waals surface area contributed by atoms with Crippen LogP contribution in [-0.4, -0.2) is 19.1 Å². The summed E-state index contributed by atoms with van der Waals surface area (Å²) in [5.41, 5.74) is 11.0. The summed E-state index contributed by atoms with van der Waals surface area (Å²) < 4.78 is 5.66. The Labute approximate surface area is 160 Å². The smallest absolute Gasteiger partial charge is 0.193 e. The van der Waals surface area contributed by atoms with Crippen LogP contribution < -0.4 is 15.8 Å². The molecule has 0 bridgehead atoms. The molecule has 1 aliphatic rings. The van der Waals surface area contributed by atoms with Crippen LogP contribution in [0.1, 0.15) is 23.1 Å². The minimum absolute atomic E-state index is 0. The van der Waals surface area contributed by atoms with Crippen LogP contribution in [0.5, 0.6) is 5.75 Å². The SMILES string of the molecule is Cc1cccc(OCCN=C(N)Nc2ccc3c(c2)CCC3)c1.I. The number of hydrogen-bond acceptors (Lipinski definition) is 2. The van der Waals surface area contributed by atoms with E-state index >= 15 is 0 Å². The monoisotopic (exact) mass is 437 g/mol. The highest BCUT2D eigenvalue weighted by Crippen LogP contribution is 2.24. The molecule has 0 unspecified atom stereocenters. The normalized spacial score (nSPS) is 13.1. The minimum atomic E-state index is 0. The minimum Gasteiger partial charge on any atom is -0.492 e. The van der Waals surface area contributed by atoms with Crippen molar-refractivity contribution in [2.45, 2.75) is 26.2 Å². The number of nitrogens with one attached hydrogen (secondary N) is 1. The molecule has 0 saturated carbocycles. The third-order valence-electron chi connectivity index (χ3n) is 4.00. The Balaban J connectivity index is 0.00000208. The van der Waals surface area contributed by atoms with E-state index in [2.05, 4.69) is 28.5 Å². The second-order valence-electron chi connectivity index (χ2n) is 5.89. The fraction of sp³-hybridized carbons (Fsp3) is 0.316. The average Bonchev–Trinajstić information content (AvgIpc) is 2.99. The molecule has 0 aliphatic heterocycles. The standard InChI is InChI=1S/C19H23N3O.HI/c1-14-4-2-7-18(12-14)23-11-10-21-19(20)22-17-9-8-15-5-3-6-16(15)13-17;/h2,4,7-9,12-13H,3,5-6,10-11H2,1H3,(H3,20,21,22);1H. The topological polar surface area (TPSA) is 59.6 Å². The molecule has 0 heterocycles. The molecule has 0 fully saturated rings. The lowest BCUT2D eigenvalue weighted by atomic mass is 10.1. The zero-order valence-corrected chi connectivity index (χ0v) is 16.2. The Morgan fingerprint density at radius 1 is 1.17 bits per heavy atom. The van der Waals surface area contributed by atoms with Crippen LogP contribution in [0.3, 0.4) is 0 Å². The second-order valence-corrected chi connectivity index (χ2v) is 5.89. The van der Waals surface area contributed by atoms with Gasteiger partial charge in [-0.25, -0.2) is 4.99 Å². The number of aliphatic imine (C=N–C) groups is 1. The predicted molar refractivity (Wildman–Crippen MR) is 111 cm³/mol. The zero-order valence-electron chi connectivity index (χ0n) is 13.9. The fourth-order valence-electron chi connectivity index (χ4n) is 2.87. The summed E-state index contributed by atoms with van der Waals surface area (Å²) in [4.78, 5) is 4.31. The summed E-state index contributed by atoms with van der Waals surface area (Å²) in [6.07, 6.45) is 3.60. The molecule has 1 aliphatic carbocycles. The van der Waals surface area contributed by atoms with Crippen LogP contribution in [0, 0.1) is 6.92 Å². The van der Waals surface area contributed by atoms with E-state index in [0.29, 0.717) is 19.1 Å². The number of aryl methyl sites for hydroxylation is 3. The van der Waals surface area contributed by atoms with E-state index in [4.69, 9.17) is 10.5 Å². The van der Waals surface area contributed by atoms with Gasteiger partial charge in [0.1, 0.15) is 12.4 Å². The number of halogens is 1. The number of rotatable bonds is 5. The highest BCUT2D eigenvalue weighted by molar-refractivity contribution is 14.0. The van der Waals surface area contributed by atoms with Crippen LogP contribution in [-0.2, 0) is 12.8 Å². The van der Waals surface area contributed by atoms with Crippen LogP contribution in [0.25, 0.3) is 0 Å². The van der Waals surface area contributed by atoms with Crippen molar-refractivity contribution in [3.8, 4) is 5.75 Å². The number of fused-ring (bicyclic) bond motifs is 1. The summed E-state index contributed by atoms with van der Waals surface area (Å²) >= 11 is 0. The van der Waals surface area contributed by atoms with Gasteiger partial charge in [-0.2, -0.15) is 0 Å². The highest BCUT2D eigenvalue weighted by Gasteiger charge is 2.10. The number of anilines is 1. The molecule has 24 heavy (non-hydrogen) atoms. The van der Waals surface area contributed by atoms with Gasteiger partial charge in [0.2, 0.25) is 0 Å². The van der Waals surface area contributed by atoms with Crippen LogP contribution in [0.15, 0.2) is 47.5 Å². The van der Waals surface area contributed by atoms with E-state index in [1.165, 1.54) is 29.5 Å². The van der Waals surface area contributed by atoms with Gasteiger partial charge in [-0.05, 0) is 67.1 Å². The summed E-state index contributed by atoms with van der Waals surface area (Å²) in [5, 5.41) is 3.15. The van der Waals surface area contributed by atoms with Crippen molar-refractivity contribution in [2.75, 3.05) is 18.5 Å². The molecule has 128 valence electrons. The fourth-order valence-corrected chi connectivity index (χ4v) is 2.87. The van der Waals surface area contributed by atoms with Gasteiger partial charge in [-0.1, -0.05) is 18.2 Å². The molecule has 4 nitrogen and oxygen atoms in total. The third-order valence-corrected chi connectivity index (χ3v) is 4.00. The first-order chi connectivity index (χ1) is 11.2. The third kappa shape index (κ3) is 5.12. The van der Waals surface area contributed by atoms with Gasteiger partial charge in [-0.15, -0.1) is 24.0 Å². The van der Waals surface area contributed by atoms with Gasteiger partial charge < -0.3 is 15.8 Å². The van der Waals surface area contributed by atoms with Crippen molar-refractivity contribution >= 4 is 35.6 Å². The van der Waals surface area contributed by atoms with E-state index < -0.39 is 0 Å². The van der Waals surface area contributed by atoms with Crippen molar-refractivity contribution in [1.29, 1.82) is 0 Å². The molecule has 0 radical (unpaired) electrons. The maximum Gasteiger partial charge on any atom is 0.193 e. The maximum atomic E-state index is 5.94. The molecule has 5 heteroatoms. The average molecular weight is 437 g/mol. The van der Waals surface area contributed by atoms with Gasteiger partial charge in [0.15, 0.2) is 5.96 Å². The van der Waals surface area contributed by atoms with Crippen molar-refractivity contribution < 1.29 is 4.74 Å². The van der Waals surface area contributed by atoms with Crippen LogP contribution >= 0.6 is 24.0 Å². The van der Waals surface area contributed by atoms with Crippen molar-refractivity contribution in [1.82, 2.24) is 0 Å². The molecule has 0 atom stereocenters. The molecular weight excluding hydrogens is 413 g/mol.